The van der Waals surface area contributed by atoms with Gasteiger partial charge in [-0.3, -0.25) is 37.4 Å². The summed E-state index contributed by atoms with van der Waals surface area (Å²) in [6.45, 7) is 29.1. The van der Waals surface area contributed by atoms with Crippen LogP contribution in [0.2, 0.25) is 0 Å². The molecule has 4 aromatic carbocycles. The Morgan fingerprint density at radius 2 is 0.746 bits per heavy atom. The van der Waals surface area contributed by atoms with Crippen LogP contribution in [0.3, 0.4) is 0 Å². The molecule has 0 spiro atoms. The first-order valence-corrected chi connectivity index (χ1v) is 59.0. The lowest BCUT2D eigenvalue weighted by Gasteiger charge is -2.21. The Balaban J connectivity index is 0.000000192. The summed E-state index contributed by atoms with van der Waals surface area (Å²) in [7, 11) is 11.2. The van der Waals surface area contributed by atoms with Crippen molar-refractivity contribution in [3.05, 3.63) is 199 Å². The normalized spacial score (nSPS) is 20.8. The number of nitrogen functional groups attached to an aromatic ring is 4. The van der Waals surface area contributed by atoms with Crippen molar-refractivity contribution in [2.45, 2.75) is 232 Å². The molecule has 4 saturated heterocycles. The Kier molecular flexibility index (Phi) is 43.2. The number of nitrogens with zero attached hydrogens (tertiary/aromatic N) is 12. The van der Waals surface area contributed by atoms with Gasteiger partial charge in [0.2, 0.25) is 23.8 Å². The fourth-order valence-electron chi connectivity index (χ4n) is 14.1. The molecule has 8 unspecified atom stereocenters. The van der Waals surface area contributed by atoms with Gasteiger partial charge in [-0.1, -0.05) is 218 Å². The molecular weight excluding hydrogens is 2160 g/mol. The molecule has 34 nitrogen and oxygen atoms in total. The smallest absolute Gasteiger partial charge is 0.358 e. The number of aromatic nitrogens is 12. The Bertz CT molecular complexity index is 5990. The van der Waals surface area contributed by atoms with Gasteiger partial charge in [0, 0.05) is 40.8 Å². The SMILES string of the molecule is CC(C)I.CCC.CCCI.Cc1nc(N)nc2c1sc(=O)n2[C@@H]1O[C@H](C(C)O)C[C@H]1C.Cc1nc(N)nc2c1sc(=O)n2[C@@H]1O[C@H](C(C)OC(=O)c2ccccc2)C[C@H]1C.Cc1nc(N)nc2c1sc(=O)n2[C@@H]1O[C@H](C(C)OC(=O)c2ccccc2)C[C@H]1O.Cc1nc(N)nc2c1sc(=O)n2[C@@H]1O[C@H](C(C)OC(=O)c2ccccc2)C[C@H]1OC(=S)Oc1ccccc1.PP(P)P(P)P. The number of aliphatic hydroxyl groups excluding tert-OH is 2. The monoisotopic (exact) mass is 2270 g/mol. The fourth-order valence-corrected chi connectivity index (χ4v) is 17.8. The van der Waals surface area contributed by atoms with Crippen LogP contribution in [-0.2, 0) is 37.9 Å². The predicted molar refractivity (Wildman–Crippen MR) is 569 cm³/mol. The highest BCUT2D eigenvalue weighted by atomic mass is 127. The van der Waals surface area contributed by atoms with E-state index in [0.717, 1.165) is 54.0 Å². The Morgan fingerprint density at radius 3 is 1.05 bits per heavy atom. The van der Waals surface area contributed by atoms with Gasteiger partial charge in [0.1, 0.15) is 48.7 Å². The van der Waals surface area contributed by atoms with Crippen molar-refractivity contribution in [1.82, 2.24) is 58.1 Å². The molecule has 8 aromatic heterocycles. The van der Waals surface area contributed by atoms with Gasteiger partial charge in [-0.15, -0.1) is 35.7 Å². The third kappa shape index (κ3) is 29.8. The standard InChI is InChI=1S/C26H24N4O6S2.C20H22N4O4S.C19H20N4O5S.C13H18N4O3S.2C3H7I.C3H8.H8P6/c1-14-20-21(29-24(27)28-14)30(25(32)38-20)22-19(36-26(37)34-17-11-7-4-8-12-17)13-18(35-22)15(2)33-23(31)16-9-5-3-6-10-16;1-10-9-14(12(3)27-18(25)13-7-5-4-6-8-13)28-17(10)24-16-15(29-20(24)26)11(2)22-19(21)23-16;1-9-14-15(22-18(20)21-9)23(19(26)29-14)16-12(24)8-13(28-16)10(2)27-17(25)11-6-4-3-5-7-11;1-5-4-8(7(3)18)20-11(5)17-10-9(21-13(17)19)6(2)15-12(14)16-10;1-3(2)4;1-2-3-4;1-3-2;1-5(2)6(3)4/h3-12,15,18-19,22H,13H2,1-2H3,(H2,27,28,29);4-8,10,12,14,17H,9H2,1-3H3,(H2,21,22,23);3-7,10,12-13,16,24H,8H2,1-2H3,(H2,20,21,22);5,7-8,11,18H,4H2,1-3H3,(H2,14,15,16);3H,1-2H3;2-3H2,1H3;3H2,1-2H3;1-4H2/t15?,18-,19+,22+;10-,12?,14+,17-;10?,12-,13+,16-;5-,7?,8+,11-;;;;/m0111..../s1. The van der Waals surface area contributed by atoms with Crippen LogP contribution in [0.15, 0.2) is 141 Å². The minimum atomic E-state index is -0.968. The van der Waals surface area contributed by atoms with E-state index < -0.39 is 91.7 Å². The Labute approximate surface area is 835 Å². The first kappa shape index (κ1) is 111. The highest BCUT2D eigenvalue weighted by Crippen LogP contribution is 2.86. The van der Waals surface area contributed by atoms with Gasteiger partial charge in [0.25, 0.3) is 0 Å². The topological polar surface area (TPSA) is 470 Å². The zero-order chi connectivity index (χ0) is 98.4. The minimum absolute atomic E-state index is 0.0293. The van der Waals surface area contributed by atoms with E-state index in [1.54, 1.807) is 145 Å². The van der Waals surface area contributed by atoms with E-state index in [0.29, 0.717) is 94.7 Å². The molecule has 134 heavy (non-hydrogen) atoms. The molecule has 0 bridgehead atoms. The number of aryl methyl sites for hydroxylation is 4. The lowest BCUT2D eigenvalue weighted by atomic mass is 10.0. The van der Waals surface area contributed by atoms with Crippen LogP contribution in [0.25, 0.3) is 41.4 Å². The average Bonchev–Trinajstić information content (AvgIpc) is 1.62. The van der Waals surface area contributed by atoms with Crippen molar-refractivity contribution in [3.8, 4) is 5.75 Å². The largest absolute Gasteiger partial charge is 0.456 e. The van der Waals surface area contributed by atoms with Crippen molar-refractivity contribution in [1.29, 1.82) is 0 Å². The van der Waals surface area contributed by atoms with E-state index in [1.807, 2.05) is 50.2 Å². The molecule has 12 aromatic rings. The summed E-state index contributed by atoms with van der Waals surface area (Å²) < 4.78 is 63.1. The lowest BCUT2D eigenvalue weighted by molar-refractivity contribution is -0.0762. The highest BCUT2D eigenvalue weighted by Gasteiger charge is 2.46. The van der Waals surface area contributed by atoms with E-state index in [9.17, 15) is 43.8 Å². The number of thiocarbonyl (C=S) groups is 1. The van der Waals surface area contributed by atoms with Crippen LogP contribution < -0.4 is 47.2 Å². The molecule has 47 heteroatoms. The molecule has 0 saturated carbocycles. The second kappa shape index (κ2) is 52.4. The second-order valence-electron chi connectivity index (χ2n) is 31.6. The number of carbonyl (C=O) groups is 3. The number of hydrogen-bond acceptors (Lipinski definition) is 35. The molecule has 4 aliphatic heterocycles. The molecule has 16 rings (SSSR count). The summed E-state index contributed by atoms with van der Waals surface area (Å²) in [5.41, 5.74) is 28.6. The molecule has 0 amide bonds. The maximum atomic E-state index is 13.1. The number of rotatable bonds is 18. The molecule has 10 N–H and O–H groups in total. The van der Waals surface area contributed by atoms with Crippen molar-refractivity contribution in [2.75, 3.05) is 27.4 Å². The lowest BCUT2D eigenvalue weighted by Crippen LogP contribution is -2.31. The number of thiazole rings is 4. The Morgan fingerprint density at radius 1 is 0.478 bits per heavy atom. The van der Waals surface area contributed by atoms with Gasteiger partial charge in [0.15, 0.2) is 41.1 Å². The molecule has 0 aliphatic carbocycles. The number of esters is 3. The fraction of sp³-hybridized carbons (Fsp3) is 0.448. The van der Waals surface area contributed by atoms with Crippen molar-refractivity contribution >= 4 is 241 Å². The van der Waals surface area contributed by atoms with E-state index in [2.05, 4.69) is 155 Å². The number of alkyl halides is 2. The van der Waals surface area contributed by atoms with Crippen molar-refractivity contribution in [3.63, 3.8) is 0 Å². The van der Waals surface area contributed by atoms with Gasteiger partial charge in [-0.25, -0.2) is 34.3 Å². The number of carbonyl (C=O) groups excluding carboxylic acids is 3. The summed E-state index contributed by atoms with van der Waals surface area (Å²) in [5, 5.41) is 20.1. The van der Waals surface area contributed by atoms with Crippen LogP contribution in [0.5, 0.6) is 5.75 Å². The number of nitrogens with two attached hydrogens (primary N) is 4. The molecule has 4 aliphatic rings. The molecular formula is C87H114I2N16O18P6S5. The van der Waals surface area contributed by atoms with Gasteiger partial charge in [-0.2, -0.15) is 19.9 Å². The third-order valence-electron chi connectivity index (χ3n) is 20.3. The molecule has 0 radical (unpaired) electrons. The maximum absolute atomic E-state index is 13.1. The number of halogens is 2. The quantitative estimate of drug-likeness (QED) is 0.0116. The number of fused-ring (bicyclic) bond motifs is 4. The van der Waals surface area contributed by atoms with Crippen LogP contribution >= 0.6 is 152 Å². The molecule has 4 fully saturated rings. The summed E-state index contributed by atoms with van der Waals surface area (Å²) >= 11 is 14.2. The molecule has 12 heterocycles. The number of ether oxygens (including phenoxy) is 9. The van der Waals surface area contributed by atoms with E-state index in [1.165, 1.54) is 31.0 Å². The van der Waals surface area contributed by atoms with Crippen molar-refractivity contribution in [2.24, 2.45) is 11.8 Å². The average molecular weight is 2270 g/mol. The summed E-state index contributed by atoms with van der Waals surface area (Å²) in [5.74, 6) is -0.387. The van der Waals surface area contributed by atoms with E-state index in [4.69, 9.17) is 77.8 Å². The van der Waals surface area contributed by atoms with Crippen molar-refractivity contribution < 1.29 is 67.2 Å². The number of hydrogen-bond donors (Lipinski definition) is 6. The third-order valence-corrected chi connectivity index (χ3v) is 47.1. The van der Waals surface area contributed by atoms with E-state index in [-0.39, 0.29) is 99.4 Å². The van der Waals surface area contributed by atoms with Crippen LogP contribution in [0, 0.1) is 39.5 Å². The number of benzene rings is 4. The predicted octanol–water partition coefficient (Wildman–Crippen LogP) is 17.7. The van der Waals surface area contributed by atoms with Gasteiger partial charge in [-0.05, 0) is 142 Å². The number of aliphatic hydroxyl groups is 2. The first-order valence-electron chi connectivity index (χ1n) is 42.7. The number of anilines is 4. The minimum Gasteiger partial charge on any atom is -0.456 e. The number of para-hydroxylation sites is 1. The molecule has 20 atom stereocenters. The summed E-state index contributed by atoms with van der Waals surface area (Å²) in [6, 6.07) is 35.1. The van der Waals surface area contributed by atoms with Crippen LogP contribution in [0.4, 0.5) is 23.8 Å². The zero-order valence-electron chi connectivity index (χ0n) is 76.4. The second-order valence-corrected chi connectivity index (χ2v) is 59.1. The van der Waals surface area contributed by atoms with Crippen LogP contribution in [-0.4, -0.2) is 161 Å². The first-order chi connectivity index (χ1) is 63.6. The van der Waals surface area contributed by atoms with E-state index >= 15 is 0 Å². The van der Waals surface area contributed by atoms with Gasteiger partial charge < -0.3 is 75.8 Å². The highest BCUT2D eigenvalue weighted by molar-refractivity contribution is 14.1. The summed E-state index contributed by atoms with van der Waals surface area (Å²) in [4.78, 5) is 120. The van der Waals surface area contributed by atoms with Gasteiger partial charge >= 0.3 is 42.6 Å². The molecule has 724 valence electrons. The summed E-state index contributed by atoms with van der Waals surface area (Å²) in [6.07, 6.45) is -4.28. The van der Waals surface area contributed by atoms with Gasteiger partial charge in [0.05, 0.1) is 82.7 Å². The maximum Gasteiger partial charge on any atom is 0.358 e. The Hall–Kier alpha value is -6.94. The zero-order valence-corrected chi connectivity index (χ0v) is 91.2. The van der Waals surface area contributed by atoms with Crippen LogP contribution in [0.1, 0.15) is 193 Å².